The molecule has 0 unspecified atom stereocenters. The maximum atomic E-state index is 12.8. The van der Waals surface area contributed by atoms with Crippen molar-refractivity contribution < 1.29 is 13.2 Å². The van der Waals surface area contributed by atoms with Crippen molar-refractivity contribution in [3.05, 3.63) is 47.8 Å². The van der Waals surface area contributed by atoms with Crippen LogP contribution in [0.25, 0.3) is 5.69 Å². The lowest BCUT2D eigenvalue weighted by atomic mass is 10.1. The Hall–Kier alpha value is -1.49. The first kappa shape index (κ1) is 12.0. The van der Waals surface area contributed by atoms with Crippen molar-refractivity contribution in [3.63, 3.8) is 0 Å². The minimum absolute atomic E-state index is 0.0133. The van der Waals surface area contributed by atoms with Gasteiger partial charge in [0.2, 0.25) is 0 Å². The second-order valence-electron chi connectivity index (χ2n) is 3.38. The quantitative estimate of drug-likeness (QED) is 0.754. The molecule has 0 aliphatic rings. The van der Waals surface area contributed by atoms with E-state index in [-0.39, 0.29) is 11.6 Å². The highest BCUT2D eigenvalue weighted by molar-refractivity contribution is 6.16. The van der Waals surface area contributed by atoms with E-state index in [0.29, 0.717) is 5.69 Å². The summed E-state index contributed by atoms with van der Waals surface area (Å²) in [6.45, 7) is 0. The van der Waals surface area contributed by atoms with Crippen molar-refractivity contribution in [2.75, 3.05) is 0 Å². The topological polar surface area (TPSA) is 17.8 Å². The van der Waals surface area contributed by atoms with Crippen LogP contribution < -0.4 is 0 Å². The molecular weight excluding hydrogens is 253 g/mol. The van der Waals surface area contributed by atoms with E-state index in [4.69, 9.17) is 11.6 Å². The van der Waals surface area contributed by atoms with Gasteiger partial charge in [-0.2, -0.15) is 18.3 Å². The number of para-hydroxylation sites is 1. The first-order chi connectivity index (χ1) is 8.04. The molecular formula is C11H8ClF3N2. The number of aromatic nitrogens is 2. The summed E-state index contributed by atoms with van der Waals surface area (Å²) in [5.74, 6) is 0.103. The molecule has 0 N–H and O–H groups in total. The molecule has 0 saturated carbocycles. The number of hydrogen-bond donors (Lipinski definition) is 0. The van der Waals surface area contributed by atoms with Gasteiger partial charge in [0.05, 0.1) is 22.8 Å². The molecule has 0 fully saturated rings. The molecule has 6 heteroatoms. The molecule has 2 nitrogen and oxygen atoms in total. The minimum Gasteiger partial charge on any atom is -0.236 e. The summed E-state index contributed by atoms with van der Waals surface area (Å²) >= 11 is 5.65. The third-order valence-corrected chi connectivity index (χ3v) is 2.57. The van der Waals surface area contributed by atoms with Crippen LogP contribution in [0.4, 0.5) is 13.2 Å². The van der Waals surface area contributed by atoms with Gasteiger partial charge in [0.25, 0.3) is 0 Å². The summed E-state index contributed by atoms with van der Waals surface area (Å²) in [6, 6.07) is 6.85. The Kier molecular flexibility index (Phi) is 3.11. The van der Waals surface area contributed by atoms with Gasteiger partial charge in [-0.25, -0.2) is 4.68 Å². The molecule has 90 valence electrons. The minimum atomic E-state index is -4.41. The van der Waals surface area contributed by atoms with Crippen molar-refractivity contribution in [2.24, 2.45) is 0 Å². The molecule has 0 bridgehead atoms. The second-order valence-corrected chi connectivity index (χ2v) is 3.65. The zero-order valence-corrected chi connectivity index (χ0v) is 9.33. The summed E-state index contributed by atoms with van der Waals surface area (Å²) in [5.41, 5.74) is -0.223. The van der Waals surface area contributed by atoms with Gasteiger partial charge in [-0.1, -0.05) is 12.1 Å². The fourth-order valence-electron chi connectivity index (χ4n) is 1.55. The first-order valence-corrected chi connectivity index (χ1v) is 5.33. The fraction of sp³-hybridized carbons (Fsp3) is 0.182. The van der Waals surface area contributed by atoms with Crippen LogP contribution in [0, 0.1) is 0 Å². The van der Waals surface area contributed by atoms with Crippen molar-refractivity contribution >= 4 is 11.6 Å². The van der Waals surface area contributed by atoms with E-state index in [1.54, 1.807) is 6.07 Å². The highest BCUT2D eigenvalue weighted by Crippen LogP contribution is 2.33. The maximum Gasteiger partial charge on any atom is 0.418 e. The molecule has 1 aromatic carbocycles. The van der Waals surface area contributed by atoms with Gasteiger partial charge in [0, 0.05) is 6.20 Å². The number of hydrogen-bond acceptors (Lipinski definition) is 1. The van der Waals surface area contributed by atoms with Crippen LogP contribution in [0.3, 0.4) is 0 Å². The van der Waals surface area contributed by atoms with Crippen molar-refractivity contribution in [2.45, 2.75) is 12.1 Å². The van der Waals surface area contributed by atoms with E-state index < -0.39 is 11.7 Å². The monoisotopic (exact) mass is 260 g/mol. The van der Waals surface area contributed by atoms with Gasteiger partial charge >= 0.3 is 6.18 Å². The van der Waals surface area contributed by atoms with Crippen LogP contribution in [0.1, 0.15) is 11.3 Å². The zero-order chi connectivity index (χ0) is 12.5. The van der Waals surface area contributed by atoms with Gasteiger partial charge in [0.1, 0.15) is 0 Å². The van der Waals surface area contributed by atoms with Crippen LogP contribution in [-0.4, -0.2) is 9.78 Å². The van der Waals surface area contributed by atoms with Crippen LogP contribution in [0.15, 0.2) is 36.5 Å². The molecule has 0 radical (unpaired) electrons. The molecule has 0 aliphatic carbocycles. The molecule has 1 aromatic heterocycles. The summed E-state index contributed by atoms with van der Waals surface area (Å²) in [6.07, 6.45) is -2.99. The molecule has 0 aliphatic heterocycles. The average molecular weight is 261 g/mol. The maximum absolute atomic E-state index is 12.8. The average Bonchev–Trinajstić information content (AvgIpc) is 2.75. The first-order valence-electron chi connectivity index (χ1n) is 4.79. The number of alkyl halides is 4. The Morgan fingerprint density at radius 2 is 1.88 bits per heavy atom. The predicted octanol–water partition coefficient (Wildman–Crippen LogP) is 3.63. The van der Waals surface area contributed by atoms with Gasteiger partial charge in [-0.05, 0) is 18.2 Å². The summed E-state index contributed by atoms with van der Waals surface area (Å²) < 4.78 is 39.6. The molecule has 2 rings (SSSR count). The molecule has 17 heavy (non-hydrogen) atoms. The van der Waals surface area contributed by atoms with Gasteiger partial charge in [0.15, 0.2) is 0 Å². The molecule has 0 atom stereocenters. The number of halogens is 4. The molecule has 0 saturated heterocycles. The SMILES string of the molecule is FC(F)(F)c1ccccc1-n1nccc1CCl. The number of nitrogens with zero attached hydrogens (tertiary/aromatic N) is 2. The molecule has 0 amide bonds. The third kappa shape index (κ3) is 2.29. The van der Waals surface area contributed by atoms with E-state index in [1.807, 2.05) is 0 Å². The van der Waals surface area contributed by atoms with Crippen molar-refractivity contribution in [1.82, 2.24) is 9.78 Å². The van der Waals surface area contributed by atoms with E-state index in [0.717, 1.165) is 6.07 Å². The summed E-state index contributed by atoms with van der Waals surface area (Å²) in [4.78, 5) is 0. The Morgan fingerprint density at radius 3 is 2.53 bits per heavy atom. The lowest BCUT2D eigenvalue weighted by molar-refractivity contribution is -0.137. The molecule has 0 spiro atoms. The summed E-state index contributed by atoms with van der Waals surface area (Å²) in [5, 5.41) is 3.86. The highest BCUT2D eigenvalue weighted by atomic mass is 35.5. The Labute approximate surface area is 101 Å². The van der Waals surface area contributed by atoms with E-state index in [9.17, 15) is 13.2 Å². The van der Waals surface area contributed by atoms with Gasteiger partial charge in [-0.15, -0.1) is 11.6 Å². The Balaban J connectivity index is 2.60. The van der Waals surface area contributed by atoms with E-state index >= 15 is 0 Å². The van der Waals surface area contributed by atoms with Crippen molar-refractivity contribution in [1.29, 1.82) is 0 Å². The fourth-order valence-corrected chi connectivity index (χ4v) is 1.75. The van der Waals surface area contributed by atoms with E-state index in [1.165, 1.54) is 29.1 Å². The molecule has 1 heterocycles. The largest absolute Gasteiger partial charge is 0.418 e. The third-order valence-electron chi connectivity index (χ3n) is 2.30. The standard InChI is InChI=1S/C11H8ClF3N2/c12-7-8-5-6-16-17(8)10-4-2-1-3-9(10)11(13,14)15/h1-6H,7H2. The van der Waals surface area contributed by atoms with Crippen LogP contribution in [-0.2, 0) is 12.1 Å². The zero-order valence-electron chi connectivity index (χ0n) is 8.58. The number of rotatable bonds is 2. The van der Waals surface area contributed by atoms with Gasteiger partial charge in [-0.3, -0.25) is 0 Å². The van der Waals surface area contributed by atoms with Crippen LogP contribution in [0.2, 0.25) is 0 Å². The lowest BCUT2D eigenvalue weighted by Gasteiger charge is -2.13. The smallest absolute Gasteiger partial charge is 0.236 e. The Bertz CT molecular complexity index is 519. The highest BCUT2D eigenvalue weighted by Gasteiger charge is 2.34. The summed E-state index contributed by atoms with van der Waals surface area (Å²) in [7, 11) is 0. The van der Waals surface area contributed by atoms with E-state index in [2.05, 4.69) is 5.10 Å². The van der Waals surface area contributed by atoms with Crippen LogP contribution >= 0.6 is 11.6 Å². The normalized spacial score (nSPS) is 11.8. The predicted molar refractivity (Wildman–Crippen MR) is 58.1 cm³/mol. The van der Waals surface area contributed by atoms with Crippen molar-refractivity contribution in [3.8, 4) is 5.69 Å². The molecule has 2 aromatic rings. The number of benzene rings is 1. The van der Waals surface area contributed by atoms with Gasteiger partial charge < -0.3 is 0 Å². The Morgan fingerprint density at radius 1 is 1.18 bits per heavy atom. The van der Waals surface area contributed by atoms with Crippen LogP contribution in [0.5, 0.6) is 0 Å². The second kappa shape index (κ2) is 4.41. The lowest BCUT2D eigenvalue weighted by Crippen LogP contribution is -2.12.